The van der Waals surface area contributed by atoms with Crippen LogP contribution in [0.1, 0.15) is 25.5 Å². The minimum absolute atomic E-state index is 0.0430. The summed E-state index contributed by atoms with van der Waals surface area (Å²) in [6, 6.07) is 4.72. The molecule has 0 aliphatic carbocycles. The molecule has 0 heterocycles. The van der Waals surface area contributed by atoms with E-state index in [1.165, 1.54) is 13.0 Å². The SMILES string of the molecule is CC(=O)Nc1c(O)cccc1C(C)O. The number of amides is 1. The fourth-order valence-electron chi connectivity index (χ4n) is 1.22. The number of carbonyl (C=O) groups excluding carboxylic acids is 1. The molecular weight excluding hydrogens is 182 g/mol. The number of phenols is 1. The Hall–Kier alpha value is -1.55. The van der Waals surface area contributed by atoms with E-state index in [-0.39, 0.29) is 17.3 Å². The van der Waals surface area contributed by atoms with Crippen LogP contribution in [0.3, 0.4) is 0 Å². The number of rotatable bonds is 2. The molecular formula is C10H13NO3. The van der Waals surface area contributed by atoms with Gasteiger partial charge in [-0.1, -0.05) is 12.1 Å². The lowest BCUT2D eigenvalue weighted by atomic mass is 10.1. The van der Waals surface area contributed by atoms with Crippen molar-refractivity contribution in [2.45, 2.75) is 20.0 Å². The summed E-state index contributed by atoms with van der Waals surface area (Å²) in [6.07, 6.45) is -0.732. The Labute approximate surface area is 82.2 Å². The van der Waals surface area contributed by atoms with Crippen molar-refractivity contribution in [2.24, 2.45) is 0 Å². The molecule has 1 atom stereocenters. The van der Waals surface area contributed by atoms with E-state index in [0.29, 0.717) is 5.56 Å². The Balaban J connectivity index is 3.15. The van der Waals surface area contributed by atoms with Gasteiger partial charge in [-0.15, -0.1) is 0 Å². The van der Waals surface area contributed by atoms with E-state index < -0.39 is 6.10 Å². The predicted molar refractivity (Wildman–Crippen MR) is 53.0 cm³/mol. The number of aliphatic hydroxyl groups is 1. The second-order valence-electron chi connectivity index (χ2n) is 3.10. The molecule has 0 saturated carbocycles. The third kappa shape index (κ3) is 2.23. The number of anilines is 1. The van der Waals surface area contributed by atoms with Crippen molar-refractivity contribution in [3.05, 3.63) is 23.8 Å². The minimum atomic E-state index is -0.732. The van der Waals surface area contributed by atoms with Gasteiger partial charge in [0.05, 0.1) is 11.8 Å². The molecule has 0 fully saturated rings. The van der Waals surface area contributed by atoms with Crippen LogP contribution in [0.15, 0.2) is 18.2 Å². The molecule has 76 valence electrons. The van der Waals surface area contributed by atoms with E-state index in [0.717, 1.165) is 0 Å². The quantitative estimate of drug-likeness (QED) is 0.625. The van der Waals surface area contributed by atoms with E-state index >= 15 is 0 Å². The largest absolute Gasteiger partial charge is 0.506 e. The van der Waals surface area contributed by atoms with Crippen molar-refractivity contribution < 1.29 is 15.0 Å². The molecule has 1 unspecified atom stereocenters. The Morgan fingerprint density at radius 1 is 1.50 bits per heavy atom. The zero-order chi connectivity index (χ0) is 10.7. The Kier molecular flexibility index (Phi) is 3.09. The average Bonchev–Trinajstić information content (AvgIpc) is 2.07. The van der Waals surface area contributed by atoms with Gasteiger partial charge >= 0.3 is 0 Å². The maximum Gasteiger partial charge on any atom is 0.221 e. The van der Waals surface area contributed by atoms with Crippen LogP contribution in [-0.2, 0) is 4.79 Å². The number of hydrogen-bond acceptors (Lipinski definition) is 3. The Bertz CT molecular complexity index is 347. The highest BCUT2D eigenvalue weighted by atomic mass is 16.3. The van der Waals surface area contributed by atoms with Crippen LogP contribution in [0.25, 0.3) is 0 Å². The Morgan fingerprint density at radius 2 is 2.14 bits per heavy atom. The summed E-state index contributed by atoms with van der Waals surface area (Å²) in [5.74, 6) is -0.327. The van der Waals surface area contributed by atoms with Crippen molar-refractivity contribution in [2.75, 3.05) is 5.32 Å². The minimum Gasteiger partial charge on any atom is -0.506 e. The highest BCUT2D eigenvalue weighted by Gasteiger charge is 2.12. The number of hydrogen-bond donors (Lipinski definition) is 3. The highest BCUT2D eigenvalue weighted by Crippen LogP contribution is 2.31. The van der Waals surface area contributed by atoms with Crippen LogP contribution in [-0.4, -0.2) is 16.1 Å². The van der Waals surface area contributed by atoms with E-state index in [9.17, 15) is 15.0 Å². The van der Waals surface area contributed by atoms with Crippen molar-refractivity contribution in [1.82, 2.24) is 0 Å². The molecule has 1 aromatic carbocycles. The maximum absolute atomic E-state index is 10.8. The highest BCUT2D eigenvalue weighted by molar-refractivity contribution is 5.91. The van der Waals surface area contributed by atoms with Gasteiger partial charge in [0.1, 0.15) is 5.75 Å². The van der Waals surface area contributed by atoms with Gasteiger partial charge in [0.2, 0.25) is 5.91 Å². The van der Waals surface area contributed by atoms with Crippen LogP contribution >= 0.6 is 0 Å². The summed E-state index contributed by atoms with van der Waals surface area (Å²) in [7, 11) is 0. The Morgan fingerprint density at radius 3 is 2.64 bits per heavy atom. The number of phenolic OH excluding ortho intramolecular Hbond substituents is 1. The van der Waals surface area contributed by atoms with Gasteiger partial charge in [-0.3, -0.25) is 4.79 Å². The van der Waals surface area contributed by atoms with Gasteiger partial charge in [0.15, 0.2) is 0 Å². The van der Waals surface area contributed by atoms with Crippen LogP contribution in [0, 0.1) is 0 Å². The molecule has 14 heavy (non-hydrogen) atoms. The average molecular weight is 195 g/mol. The van der Waals surface area contributed by atoms with Gasteiger partial charge in [-0.05, 0) is 13.0 Å². The first-order chi connectivity index (χ1) is 6.52. The number of para-hydroxylation sites is 1. The molecule has 0 aromatic heterocycles. The standard InChI is InChI=1S/C10H13NO3/c1-6(12)8-4-3-5-9(14)10(8)11-7(2)13/h3-6,12,14H,1-2H3,(H,11,13). The van der Waals surface area contributed by atoms with Crippen LogP contribution < -0.4 is 5.32 Å². The molecule has 0 spiro atoms. The zero-order valence-electron chi connectivity index (χ0n) is 8.11. The van der Waals surface area contributed by atoms with E-state index in [4.69, 9.17) is 0 Å². The lowest BCUT2D eigenvalue weighted by Gasteiger charge is -2.13. The summed E-state index contributed by atoms with van der Waals surface area (Å²) < 4.78 is 0. The molecule has 4 nitrogen and oxygen atoms in total. The first-order valence-electron chi connectivity index (χ1n) is 4.30. The molecule has 0 saturated heterocycles. The molecule has 4 heteroatoms. The van der Waals surface area contributed by atoms with Gasteiger partial charge < -0.3 is 15.5 Å². The first kappa shape index (κ1) is 10.5. The summed E-state index contributed by atoms with van der Waals surface area (Å²) >= 11 is 0. The van der Waals surface area contributed by atoms with Gasteiger partial charge in [0.25, 0.3) is 0 Å². The summed E-state index contributed by atoms with van der Waals surface area (Å²) in [5.41, 5.74) is 0.773. The summed E-state index contributed by atoms with van der Waals surface area (Å²) in [4.78, 5) is 10.8. The number of nitrogens with one attached hydrogen (secondary N) is 1. The van der Waals surface area contributed by atoms with Gasteiger partial charge in [-0.25, -0.2) is 0 Å². The first-order valence-corrected chi connectivity index (χ1v) is 4.30. The number of aromatic hydroxyl groups is 1. The van der Waals surface area contributed by atoms with Crippen LogP contribution in [0.2, 0.25) is 0 Å². The molecule has 1 rings (SSSR count). The molecule has 1 amide bonds. The number of carbonyl (C=O) groups is 1. The van der Waals surface area contributed by atoms with Crippen LogP contribution in [0.5, 0.6) is 5.75 Å². The molecule has 3 N–H and O–H groups in total. The second kappa shape index (κ2) is 4.11. The summed E-state index contributed by atoms with van der Waals surface area (Å²) in [6.45, 7) is 2.92. The third-order valence-corrected chi connectivity index (χ3v) is 1.83. The monoisotopic (exact) mass is 195 g/mol. The topological polar surface area (TPSA) is 69.6 Å². The molecule has 0 bridgehead atoms. The summed E-state index contributed by atoms with van der Waals surface area (Å²) in [5, 5.41) is 21.3. The van der Waals surface area contributed by atoms with Crippen molar-refractivity contribution in [1.29, 1.82) is 0 Å². The smallest absolute Gasteiger partial charge is 0.221 e. The predicted octanol–water partition coefficient (Wildman–Crippen LogP) is 1.40. The van der Waals surface area contributed by atoms with Crippen molar-refractivity contribution >= 4 is 11.6 Å². The number of benzene rings is 1. The fraction of sp³-hybridized carbons (Fsp3) is 0.300. The second-order valence-corrected chi connectivity index (χ2v) is 3.10. The van der Waals surface area contributed by atoms with Crippen LogP contribution in [0.4, 0.5) is 5.69 Å². The molecule has 0 aliphatic rings. The van der Waals surface area contributed by atoms with Gasteiger partial charge in [0, 0.05) is 12.5 Å². The molecule has 0 aliphatic heterocycles. The van der Waals surface area contributed by atoms with Crippen molar-refractivity contribution in [3.63, 3.8) is 0 Å². The molecule has 1 aromatic rings. The molecule has 0 radical (unpaired) electrons. The van der Waals surface area contributed by atoms with E-state index in [1.807, 2.05) is 0 Å². The maximum atomic E-state index is 10.8. The lowest BCUT2D eigenvalue weighted by molar-refractivity contribution is -0.114. The zero-order valence-corrected chi connectivity index (χ0v) is 8.11. The fourth-order valence-corrected chi connectivity index (χ4v) is 1.22. The van der Waals surface area contributed by atoms with E-state index in [2.05, 4.69) is 5.32 Å². The van der Waals surface area contributed by atoms with Gasteiger partial charge in [-0.2, -0.15) is 0 Å². The normalized spacial score (nSPS) is 12.2. The van der Waals surface area contributed by atoms with E-state index in [1.54, 1.807) is 19.1 Å². The number of aliphatic hydroxyl groups excluding tert-OH is 1. The lowest BCUT2D eigenvalue weighted by Crippen LogP contribution is -2.09. The third-order valence-electron chi connectivity index (χ3n) is 1.83. The van der Waals surface area contributed by atoms with Crippen molar-refractivity contribution in [3.8, 4) is 5.75 Å².